The predicted octanol–water partition coefficient (Wildman–Crippen LogP) is 9.82. The van der Waals surface area contributed by atoms with Gasteiger partial charge in [0.2, 0.25) is 5.52 Å². The van der Waals surface area contributed by atoms with Crippen molar-refractivity contribution in [2.45, 2.75) is 69.7 Å². The zero-order chi connectivity index (χ0) is 46.5. The van der Waals surface area contributed by atoms with E-state index < -0.39 is 0 Å². The van der Waals surface area contributed by atoms with E-state index in [0.717, 1.165) is 98.5 Å². The van der Waals surface area contributed by atoms with Gasteiger partial charge in [0.05, 0.1) is 55.2 Å². The maximum atomic E-state index is 10.4. The standard InChI is InChI=1S/C43H43N3O8S5.C6H15N/c1-31-15-21-39-37(29-31)44(25-9-27-55-53-50-47)41(57-39)23-18-32-16-17-33(43(32)46(34-11-5-3-6-12-34)35-13-7-4-8-14-35)19-24-42-45(26-10-28-56-54-51-48)38-30-36(59-52-49-2)20-22-40(38)58-42;1-4-7(5-2)6-3/h3-8,11-15,18-24,29-30H,9-10,16-17,25-28H2,1-2H3,(H-,47,48);4-6H2,1-3H3. The third kappa shape index (κ3) is 14.4. The molecule has 2 aliphatic rings. The fourth-order valence-electron chi connectivity index (χ4n) is 7.78. The summed E-state index contributed by atoms with van der Waals surface area (Å²) in [6.07, 6.45) is 12.3. The summed E-state index contributed by atoms with van der Waals surface area (Å²) in [5, 5.41) is 30.1. The Morgan fingerprint density at radius 1 is 0.788 bits per heavy atom. The van der Waals surface area contributed by atoms with Gasteiger partial charge in [-0.15, -0.1) is 0 Å². The number of aromatic nitrogens is 1. The Labute approximate surface area is 410 Å². The Morgan fingerprint density at radius 2 is 1.47 bits per heavy atom. The Hall–Kier alpha value is -3.63. The van der Waals surface area contributed by atoms with Crippen LogP contribution in [0.5, 0.6) is 0 Å². The number of nitrogens with zero attached hydrogens (tertiary/aromatic N) is 3. The van der Waals surface area contributed by atoms with E-state index in [1.54, 1.807) is 28.0 Å². The van der Waals surface area contributed by atoms with E-state index in [4.69, 9.17) is 9.22 Å². The second-order valence-corrected chi connectivity index (χ2v) is 19.6. The number of benzene rings is 4. The van der Waals surface area contributed by atoms with Crippen molar-refractivity contribution in [3.05, 3.63) is 148 Å². The molecule has 0 amide bonds. The SMILES string of the molecule is CC[NH+](CC)CC.COOSc1ccc2sc(/C=C/C3=C(N(c4ccccc4)c4ccccc4)C(=C/C=C4\Sc5ccc(C)cc5N4CCCSOO[O-])/CC3)[n+](CCCSOO[O-])c2c1. The highest BCUT2D eigenvalue weighted by Gasteiger charge is 2.29. The highest BCUT2D eigenvalue weighted by Crippen LogP contribution is 2.47. The lowest BCUT2D eigenvalue weighted by Crippen LogP contribution is -3.11. The Bertz CT molecular complexity index is 2350. The van der Waals surface area contributed by atoms with Crippen molar-refractivity contribution in [2.75, 3.05) is 54.6 Å². The van der Waals surface area contributed by atoms with Gasteiger partial charge in [-0.3, -0.25) is 10.1 Å². The van der Waals surface area contributed by atoms with Crippen LogP contribution in [-0.2, 0) is 34.5 Å². The summed E-state index contributed by atoms with van der Waals surface area (Å²) in [4.78, 5) is 13.4. The van der Waals surface area contributed by atoms with Gasteiger partial charge in [-0.1, -0.05) is 71.6 Å². The first-order valence-corrected chi connectivity index (χ1v) is 26.2. The summed E-state index contributed by atoms with van der Waals surface area (Å²) >= 11 is 6.68. The van der Waals surface area contributed by atoms with Crippen LogP contribution in [0.2, 0.25) is 0 Å². The summed E-state index contributed by atoms with van der Waals surface area (Å²) in [5.74, 6) is 1.21. The number of quaternary nitrogens is 1. The van der Waals surface area contributed by atoms with Crippen LogP contribution in [0.25, 0.3) is 16.3 Å². The minimum atomic E-state index is 0.587. The molecule has 0 saturated heterocycles. The molecular formula is C49H58N4O8S5. The van der Waals surface area contributed by atoms with Crippen LogP contribution < -0.4 is 29.8 Å². The van der Waals surface area contributed by atoms with Gasteiger partial charge >= 0.3 is 0 Å². The number of thioether (sulfide) groups is 1. The van der Waals surface area contributed by atoms with Gasteiger partial charge < -0.3 is 25.2 Å². The largest absolute Gasteiger partial charge is 0.691 e. The lowest BCUT2D eigenvalue weighted by molar-refractivity contribution is -0.894. The minimum Gasteiger partial charge on any atom is -0.691 e. The molecule has 0 atom stereocenters. The summed E-state index contributed by atoms with van der Waals surface area (Å²) in [6.45, 7) is 14.1. The summed E-state index contributed by atoms with van der Waals surface area (Å²) < 4.78 is 17.7. The van der Waals surface area contributed by atoms with E-state index in [1.165, 1.54) is 66.1 Å². The molecule has 0 bridgehead atoms. The van der Waals surface area contributed by atoms with Gasteiger partial charge in [0.25, 0.3) is 5.01 Å². The number of rotatable bonds is 24. The average Bonchev–Trinajstić information content (AvgIpc) is 4.02. The maximum absolute atomic E-state index is 10.4. The maximum Gasteiger partial charge on any atom is 0.262 e. The highest BCUT2D eigenvalue weighted by atomic mass is 32.2. The van der Waals surface area contributed by atoms with Gasteiger partial charge in [0, 0.05) is 81.9 Å². The molecule has 5 aromatic rings. The molecule has 17 heteroatoms. The first kappa shape index (κ1) is 51.8. The predicted molar refractivity (Wildman–Crippen MR) is 268 cm³/mol. The first-order chi connectivity index (χ1) is 32.4. The van der Waals surface area contributed by atoms with Crippen molar-refractivity contribution in [2.24, 2.45) is 0 Å². The molecule has 66 heavy (non-hydrogen) atoms. The number of nitrogens with one attached hydrogen (secondary N) is 1. The van der Waals surface area contributed by atoms with Crippen molar-refractivity contribution in [3.63, 3.8) is 0 Å². The molecule has 7 rings (SSSR count). The normalized spacial score (nSPS) is 14.9. The molecule has 1 aliphatic carbocycles. The quantitative estimate of drug-likeness (QED) is 0.0208. The first-order valence-electron chi connectivity index (χ1n) is 22.0. The zero-order valence-corrected chi connectivity index (χ0v) is 42.1. The number of para-hydroxylation sites is 2. The Kier molecular flexibility index (Phi) is 22.0. The molecule has 12 nitrogen and oxygen atoms in total. The lowest BCUT2D eigenvalue weighted by atomic mass is 10.1. The smallest absolute Gasteiger partial charge is 0.262 e. The fraction of sp³-hybridized carbons (Fsp3) is 0.327. The Morgan fingerprint density at radius 3 is 2.11 bits per heavy atom. The monoisotopic (exact) mass is 990 g/mol. The molecule has 0 unspecified atom stereocenters. The van der Waals surface area contributed by atoms with Crippen LogP contribution in [0.3, 0.4) is 0 Å². The summed E-state index contributed by atoms with van der Waals surface area (Å²) in [5.41, 5.74) is 9.21. The molecule has 0 spiro atoms. The summed E-state index contributed by atoms with van der Waals surface area (Å²) in [7, 11) is 1.49. The van der Waals surface area contributed by atoms with Crippen molar-refractivity contribution in [1.29, 1.82) is 0 Å². The van der Waals surface area contributed by atoms with Crippen molar-refractivity contribution < 1.29 is 47.9 Å². The molecule has 0 radical (unpaired) electrons. The number of fused-ring (bicyclic) bond motifs is 2. The van der Waals surface area contributed by atoms with Gasteiger partial charge in [-0.05, 0) is 124 Å². The van der Waals surface area contributed by atoms with Crippen LogP contribution in [0.1, 0.15) is 57.0 Å². The number of hydrogen-bond acceptors (Lipinski definition) is 15. The van der Waals surface area contributed by atoms with E-state index in [0.29, 0.717) is 18.1 Å². The second-order valence-electron chi connectivity index (χ2n) is 15.1. The van der Waals surface area contributed by atoms with Crippen molar-refractivity contribution >= 4 is 92.6 Å². The molecule has 1 aromatic heterocycles. The van der Waals surface area contributed by atoms with E-state index in [1.807, 2.05) is 18.2 Å². The molecule has 1 N–H and O–H groups in total. The molecule has 1 aliphatic heterocycles. The van der Waals surface area contributed by atoms with Crippen LogP contribution in [-0.4, -0.2) is 44.8 Å². The van der Waals surface area contributed by atoms with Gasteiger partial charge in [0.1, 0.15) is 4.70 Å². The summed E-state index contributed by atoms with van der Waals surface area (Å²) in [6, 6.07) is 33.9. The number of anilines is 3. The van der Waals surface area contributed by atoms with E-state index in [-0.39, 0.29) is 0 Å². The van der Waals surface area contributed by atoms with Gasteiger partial charge in [0.15, 0.2) is 6.54 Å². The zero-order valence-electron chi connectivity index (χ0n) is 38.0. The van der Waals surface area contributed by atoms with Crippen molar-refractivity contribution in [3.8, 4) is 0 Å². The molecule has 352 valence electrons. The van der Waals surface area contributed by atoms with Crippen molar-refractivity contribution in [1.82, 2.24) is 0 Å². The molecule has 0 fully saturated rings. The number of hydrogen-bond donors (Lipinski definition) is 1. The number of allylic oxidation sites excluding steroid dienone is 5. The van der Waals surface area contributed by atoms with E-state index in [9.17, 15) is 10.5 Å². The van der Waals surface area contributed by atoms with Gasteiger partial charge in [-0.25, -0.2) is 4.89 Å². The molecule has 2 heterocycles. The van der Waals surface area contributed by atoms with E-state index in [2.05, 4.69) is 164 Å². The average molecular weight is 991 g/mol. The molecule has 0 saturated carbocycles. The lowest BCUT2D eigenvalue weighted by Gasteiger charge is -2.28. The third-order valence-corrected chi connectivity index (χ3v) is 15.2. The van der Waals surface area contributed by atoms with E-state index >= 15 is 0 Å². The van der Waals surface area contributed by atoms with Crippen LogP contribution in [0.4, 0.5) is 17.1 Å². The van der Waals surface area contributed by atoms with Gasteiger partial charge in [-0.2, -0.15) is 17.6 Å². The van der Waals surface area contributed by atoms with Crippen LogP contribution >= 0.6 is 59.2 Å². The van der Waals surface area contributed by atoms with Crippen LogP contribution in [0.15, 0.2) is 147 Å². The topological polar surface area (TPSA) is 116 Å². The molecule has 4 aromatic carbocycles. The third-order valence-electron chi connectivity index (χ3n) is 11.0. The Balaban J connectivity index is 0.000000952. The second kappa shape index (κ2) is 28.0. The number of aryl methyl sites for hydroxylation is 2. The highest BCUT2D eigenvalue weighted by molar-refractivity contribution is 8.03. The fourth-order valence-corrected chi connectivity index (χ4v) is 11.1. The minimum absolute atomic E-state index is 0.587. The molecular weight excluding hydrogens is 933 g/mol. The number of thiazole rings is 1. The van der Waals surface area contributed by atoms with Crippen LogP contribution in [0, 0.1) is 6.92 Å².